The molecule has 1 heterocycles. The van der Waals surface area contributed by atoms with E-state index in [1.165, 1.54) is 0 Å². The van der Waals surface area contributed by atoms with Gasteiger partial charge in [-0.25, -0.2) is 9.98 Å². The lowest BCUT2D eigenvalue weighted by Gasteiger charge is -2.16. The van der Waals surface area contributed by atoms with Crippen molar-refractivity contribution in [2.45, 2.75) is 66.0 Å². The van der Waals surface area contributed by atoms with Crippen LogP contribution in [0.1, 0.15) is 58.7 Å². The van der Waals surface area contributed by atoms with Crippen LogP contribution in [0.25, 0.3) is 0 Å². The van der Waals surface area contributed by atoms with Gasteiger partial charge in [0.2, 0.25) is 0 Å². The monoisotopic (exact) mass is 296 g/mol. The molecular formula is C15H28N4S. The summed E-state index contributed by atoms with van der Waals surface area (Å²) in [7, 11) is 0. The van der Waals surface area contributed by atoms with Gasteiger partial charge in [0.05, 0.1) is 12.2 Å². The highest BCUT2D eigenvalue weighted by molar-refractivity contribution is 7.09. The highest BCUT2D eigenvalue weighted by atomic mass is 32.1. The Balaban J connectivity index is 2.69. The van der Waals surface area contributed by atoms with E-state index in [1.807, 2.05) is 0 Å². The van der Waals surface area contributed by atoms with Gasteiger partial charge in [-0.05, 0) is 20.3 Å². The molecule has 1 rings (SSSR count). The predicted molar refractivity (Wildman–Crippen MR) is 88.5 cm³/mol. The van der Waals surface area contributed by atoms with Gasteiger partial charge < -0.3 is 10.6 Å². The minimum atomic E-state index is 0.109. The molecule has 5 heteroatoms. The number of nitrogens with one attached hydrogen (secondary N) is 2. The maximum Gasteiger partial charge on any atom is 0.191 e. The van der Waals surface area contributed by atoms with E-state index < -0.39 is 0 Å². The summed E-state index contributed by atoms with van der Waals surface area (Å²) in [5.41, 5.74) is 1.25. The fraction of sp³-hybridized carbons (Fsp3) is 0.733. The van der Waals surface area contributed by atoms with E-state index in [-0.39, 0.29) is 5.41 Å². The van der Waals surface area contributed by atoms with Crippen molar-refractivity contribution in [1.82, 2.24) is 15.6 Å². The quantitative estimate of drug-likeness (QED) is 0.647. The lowest BCUT2D eigenvalue weighted by Crippen LogP contribution is -2.41. The van der Waals surface area contributed by atoms with Gasteiger partial charge in [0, 0.05) is 23.4 Å². The minimum Gasteiger partial charge on any atom is -0.357 e. The Hall–Kier alpha value is -1.10. The van der Waals surface area contributed by atoms with Crippen LogP contribution in [0.2, 0.25) is 0 Å². The molecule has 20 heavy (non-hydrogen) atoms. The molecule has 1 aromatic heterocycles. The maximum absolute atomic E-state index is 4.67. The second kappa shape index (κ2) is 7.62. The summed E-state index contributed by atoms with van der Waals surface area (Å²) in [5.74, 6) is 0.870. The molecule has 0 aliphatic rings. The molecule has 0 fully saturated rings. The maximum atomic E-state index is 4.67. The Morgan fingerprint density at radius 2 is 2.10 bits per heavy atom. The highest BCUT2D eigenvalue weighted by Crippen LogP contribution is 2.24. The second-order valence-electron chi connectivity index (χ2n) is 6.03. The zero-order chi connectivity index (χ0) is 15.2. The first-order chi connectivity index (χ1) is 9.36. The molecule has 2 N–H and O–H groups in total. The molecule has 0 saturated carbocycles. The average molecular weight is 296 g/mol. The summed E-state index contributed by atoms with van der Waals surface area (Å²) in [6.45, 7) is 14.5. The number of nitrogens with zero attached hydrogens (tertiary/aromatic N) is 2. The third-order valence-electron chi connectivity index (χ3n) is 3.03. The van der Waals surface area contributed by atoms with Crippen LogP contribution in [0, 0.1) is 0 Å². The van der Waals surface area contributed by atoms with E-state index in [2.05, 4.69) is 67.5 Å². The third kappa shape index (κ3) is 5.49. The van der Waals surface area contributed by atoms with Crippen LogP contribution in [-0.4, -0.2) is 23.5 Å². The Morgan fingerprint density at radius 1 is 1.40 bits per heavy atom. The predicted octanol–water partition coefficient (Wildman–Crippen LogP) is 3.29. The standard InChI is InChI=1S/C15H28N4S/c1-7-11(3)18-14(16-8-2)17-9-13-19-12(10-20-13)15(4,5)6/h10-11H,7-9H2,1-6H3,(H2,16,17,18). The van der Waals surface area contributed by atoms with Crippen LogP contribution in [0.3, 0.4) is 0 Å². The number of hydrogen-bond acceptors (Lipinski definition) is 3. The third-order valence-corrected chi connectivity index (χ3v) is 3.87. The topological polar surface area (TPSA) is 49.3 Å². The minimum absolute atomic E-state index is 0.109. The first-order valence-corrected chi connectivity index (χ1v) is 8.24. The van der Waals surface area contributed by atoms with Gasteiger partial charge in [-0.3, -0.25) is 0 Å². The van der Waals surface area contributed by atoms with E-state index >= 15 is 0 Å². The van der Waals surface area contributed by atoms with Gasteiger partial charge in [-0.2, -0.15) is 0 Å². The van der Waals surface area contributed by atoms with Gasteiger partial charge >= 0.3 is 0 Å². The van der Waals surface area contributed by atoms with Gasteiger partial charge in [0.25, 0.3) is 0 Å². The molecule has 4 nitrogen and oxygen atoms in total. The van der Waals surface area contributed by atoms with Crippen LogP contribution in [0.15, 0.2) is 10.4 Å². The fourth-order valence-corrected chi connectivity index (χ4v) is 2.47. The first kappa shape index (κ1) is 17.0. The molecule has 0 bridgehead atoms. The zero-order valence-corrected chi connectivity index (χ0v) is 14.4. The van der Waals surface area contributed by atoms with Crippen LogP contribution < -0.4 is 10.6 Å². The van der Waals surface area contributed by atoms with E-state index in [0.717, 1.165) is 29.6 Å². The molecular weight excluding hydrogens is 268 g/mol. The van der Waals surface area contributed by atoms with Crippen molar-refractivity contribution in [3.8, 4) is 0 Å². The van der Waals surface area contributed by atoms with Crippen molar-refractivity contribution >= 4 is 17.3 Å². The summed E-state index contributed by atoms with van der Waals surface area (Å²) in [6, 6.07) is 0.425. The summed E-state index contributed by atoms with van der Waals surface area (Å²) < 4.78 is 0. The molecule has 0 aromatic carbocycles. The normalized spacial score (nSPS) is 14.2. The molecule has 1 atom stereocenters. The molecule has 0 spiro atoms. The van der Waals surface area contributed by atoms with Crippen LogP contribution in [-0.2, 0) is 12.0 Å². The van der Waals surface area contributed by atoms with E-state index in [1.54, 1.807) is 11.3 Å². The Labute approximate surface area is 127 Å². The highest BCUT2D eigenvalue weighted by Gasteiger charge is 2.17. The molecule has 0 aliphatic carbocycles. The Morgan fingerprint density at radius 3 is 2.60 bits per heavy atom. The van der Waals surface area contributed by atoms with Gasteiger partial charge in [0.15, 0.2) is 5.96 Å². The van der Waals surface area contributed by atoms with Crippen LogP contribution >= 0.6 is 11.3 Å². The van der Waals surface area contributed by atoms with Crippen molar-refractivity contribution in [3.63, 3.8) is 0 Å². The van der Waals surface area contributed by atoms with Crippen molar-refractivity contribution in [2.75, 3.05) is 6.54 Å². The lowest BCUT2D eigenvalue weighted by molar-refractivity contribution is 0.571. The van der Waals surface area contributed by atoms with Crippen molar-refractivity contribution in [1.29, 1.82) is 0 Å². The van der Waals surface area contributed by atoms with Crippen molar-refractivity contribution in [2.24, 2.45) is 4.99 Å². The number of guanidine groups is 1. The smallest absolute Gasteiger partial charge is 0.191 e. The average Bonchev–Trinajstić information content (AvgIpc) is 2.84. The summed E-state index contributed by atoms with van der Waals surface area (Å²) in [4.78, 5) is 9.28. The van der Waals surface area contributed by atoms with E-state index in [0.29, 0.717) is 12.6 Å². The van der Waals surface area contributed by atoms with E-state index in [4.69, 9.17) is 0 Å². The Kier molecular flexibility index (Phi) is 6.46. The summed E-state index contributed by atoms with van der Waals surface area (Å²) in [5, 5.41) is 9.87. The number of rotatable bonds is 5. The molecule has 1 unspecified atom stereocenters. The molecule has 0 aliphatic heterocycles. The van der Waals surface area contributed by atoms with Crippen LogP contribution in [0.4, 0.5) is 0 Å². The number of hydrogen-bond donors (Lipinski definition) is 2. The molecule has 0 radical (unpaired) electrons. The Bertz CT molecular complexity index is 431. The molecule has 0 amide bonds. The fourth-order valence-electron chi connectivity index (χ4n) is 1.53. The molecule has 0 saturated heterocycles. The number of aromatic nitrogens is 1. The SMILES string of the molecule is CCNC(=NCc1nc(C(C)(C)C)cs1)NC(C)CC. The van der Waals surface area contributed by atoms with Crippen molar-refractivity contribution < 1.29 is 0 Å². The molecule has 114 valence electrons. The van der Waals surface area contributed by atoms with E-state index in [9.17, 15) is 0 Å². The van der Waals surface area contributed by atoms with Gasteiger partial charge in [-0.1, -0.05) is 27.7 Å². The second-order valence-corrected chi connectivity index (χ2v) is 6.97. The largest absolute Gasteiger partial charge is 0.357 e. The van der Waals surface area contributed by atoms with Crippen molar-refractivity contribution in [3.05, 3.63) is 16.1 Å². The van der Waals surface area contributed by atoms with Gasteiger partial charge in [0.1, 0.15) is 5.01 Å². The summed E-state index contributed by atoms with van der Waals surface area (Å²) >= 11 is 1.69. The first-order valence-electron chi connectivity index (χ1n) is 7.36. The zero-order valence-electron chi connectivity index (χ0n) is 13.6. The number of thiazole rings is 1. The molecule has 1 aromatic rings. The summed E-state index contributed by atoms with van der Waals surface area (Å²) in [6.07, 6.45) is 1.08. The van der Waals surface area contributed by atoms with Crippen LogP contribution in [0.5, 0.6) is 0 Å². The number of aliphatic imine (C=N–C) groups is 1. The lowest BCUT2D eigenvalue weighted by atomic mass is 9.93. The van der Waals surface area contributed by atoms with Gasteiger partial charge in [-0.15, -0.1) is 11.3 Å².